The van der Waals surface area contributed by atoms with Crippen molar-refractivity contribution >= 4 is 22.4 Å². The molecule has 0 radical (unpaired) electrons. The van der Waals surface area contributed by atoms with Gasteiger partial charge in [-0.15, -0.1) is 11.3 Å². The SMILES string of the molecule is O=C(CN1CCCC[C@H]1c1cccnc1)Nc1nc(-c2ccccc2)cs1. The molecule has 1 N–H and O–H groups in total. The molecule has 1 aromatic carbocycles. The molecule has 1 fully saturated rings. The Morgan fingerprint density at radius 2 is 2.07 bits per heavy atom. The first-order valence-electron chi connectivity index (χ1n) is 9.24. The third-order valence-corrected chi connectivity index (χ3v) is 5.61. The summed E-state index contributed by atoms with van der Waals surface area (Å²) in [6, 6.07) is 14.3. The van der Waals surface area contributed by atoms with Gasteiger partial charge in [0.25, 0.3) is 0 Å². The first-order chi connectivity index (χ1) is 13.3. The molecule has 138 valence electrons. The molecule has 0 aliphatic carbocycles. The predicted octanol–water partition coefficient (Wildman–Crippen LogP) is 4.37. The number of benzene rings is 1. The van der Waals surface area contributed by atoms with Crippen LogP contribution in [0.25, 0.3) is 11.3 Å². The summed E-state index contributed by atoms with van der Waals surface area (Å²) in [5.41, 5.74) is 3.13. The number of carbonyl (C=O) groups is 1. The Hall–Kier alpha value is -2.57. The number of likely N-dealkylation sites (tertiary alicyclic amines) is 1. The fourth-order valence-electron chi connectivity index (χ4n) is 3.55. The minimum absolute atomic E-state index is 0.0141. The molecular formula is C21H22N4OS. The highest BCUT2D eigenvalue weighted by Crippen LogP contribution is 2.30. The zero-order chi connectivity index (χ0) is 18.5. The Labute approximate surface area is 163 Å². The number of carbonyl (C=O) groups excluding carboxylic acids is 1. The maximum atomic E-state index is 12.6. The van der Waals surface area contributed by atoms with E-state index in [0.29, 0.717) is 11.7 Å². The summed E-state index contributed by atoms with van der Waals surface area (Å²) >= 11 is 1.46. The Bertz CT molecular complexity index is 881. The monoisotopic (exact) mass is 378 g/mol. The van der Waals surface area contributed by atoms with Crippen LogP contribution in [-0.4, -0.2) is 33.9 Å². The minimum atomic E-state index is -0.0141. The van der Waals surface area contributed by atoms with Crippen molar-refractivity contribution in [2.24, 2.45) is 0 Å². The number of hydrogen-bond donors (Lipinski definition) is 1. The van der Waals surface area contributed by atoms with Gasteiger partial charge in [-0.05, 0) is 31.0 Å². The first kappa shape index (κ1) is 17.8. The molecule has 1 atom stereocenters. The van der Waals surface area contributed by atoms with Gasteiger partial charge in [0.2, 0.25) is 5.91 Å². The number of nitrogens with zero attached hydrogens (tertiary/aromatic N) is 3. The highest BCUT2D eigenvalue weighted by atomic mass is 32.1. The number of pyridine rings is 1. The summed E-state index contributed by atoms with van der Waals surface area (Å²) in [6.45, 7) is 1.31. The van der Waals surface area contributed by atoms with Crippen molar-refractivity contribution in [3.8, 4) is 11.3 Å². The average Bonchev–Trinajstić information content (AvgIpc) is 3.18. The molecule has 1 amide bonds. The van der Waals surface area contributed by atoms with E-state index in [0.717, 1.165) is 30.6 Å². The summed E-state index contributed by atoms with van der Waals surface area (Å²) in [5, 5.41) is 5.59. The molecule has 27 heavy (non-hydrogen) atoms. The second-order valence-corrected chi connectivity index (χ2v) is 7.58. The number of hydrogen-bond acceptors (Lipinski definition) is 5. The highest BCUT2D eigenvalue weighted by molar-refractivity contribution is 7.14. The molecule has 1 aliphatic heterocycles. The number of rotatable bonds is 5. The van der Waals surface area contributed by atoms with E-state index in [1.165, 1.54) is 23.3 Å². The van der Waals surface area contributed by atoms with E-state index >= 15 is 0 Å². The zero-order valence-electron chi connectivity index (χ0n) is 15.0. The first-order valence-corrected chi connectivity index (χ1v) is 10.1. The predicted molar refractivity (Wildman–Crippen MR) is 109 cm³/mol. The van der Waals surface area contributed by atoms with Crippen molar-refractivity contribution < 1.29 is 4.79 Å². The van der Waals surface area contributed by atoms with Crippen LogP contribution in [0.4, 0.5) is 5.13 Å². The van der Waals surface area contributed by atoms with Crippen molar-refractivity contribution in [2.75, 3.05) is 18.4 Å². The van der Waals surface area contributed by atoms with Gasteiger partial charge in [-0.25, -0.2) is 4.98 Å². The highest BCUT2D eigenvalue weighted by Gasteiger charge is 2.26. The summed E-state index contributed by atoms with van der Waals surface area (Å²) in [4.78, 5) is 23.6. The molecule has 3 heterocycles. The van der Waals surface area contributed by atoms with Crippen molar-refractivity contribution in [3.05, 3.63) is 65.8 Å². The molecule has 6 heteroatoms. The van der Waals surface area contributed by atoms with Gasteiger partial charge in [-0.2, -0.15) is 0 Å². The summed E-state index contributed by atoms with van der Waals surface area (Å²) < 4.78 is 0. The van der Waals surface area contributed by atoms with Gasteiger partial charge in [0.15, 0.2) is 5.13 Å². The standard InChI is InChI=1S/C21H22N4OS/c26-20(24-21-23-18(15-27-21)16-7-2-1-3-8-16)14-25-12-5-4-10-19(25)17-9-6-11-22-13-17/h1-3,6-9,11,13,15,19H,4-5,10,12,14H2,(H,23,24,26)/t19-/m0/s1. The number of nitrogens with one attached hydrogen (secondary N) is 1. The molecule has 5 nitrogen and oxygen atoms in total. The maximum Gasteiger partial charge on any atom is 0.240 e. The number of piperidine rings is 1. The van der Waals surface area contributed by atoms with Crippen LogP contribution in [0.1, 0.15) is 30.9 Å². The summed E-state index contributed by atoms with van der Waals surface area (Å²) in [6.07, 6.45) is 7.07. The lowest BCUT2D eigenvalue weighted by Crippen LogP contribution is -2.39. The number of anilines is 1. The Balaban J connectivity index is 1.40. The van der Waals surface area contributed by atoms with Crippen LogP contribution in [0.5, 0.6) is 0 Å². The number of aromatic nitrogens is 2. The van der Waals surface area contributed by atoms with Gasteiger partial charge in [-0.3, -0.25) is 14.7 Å². The maximum absolute atomic E-state index is 12.6. The quantitative estimate of drug-likeness (QED) is 0.716. The smallest absolute Gasteiger partial charge is 0.240 e. The van der Waals surface area contributed by atoms with E-state index < -0.39 is 0 Å². The largest absolute Gasteiger partial charge is 0.301 e. The Kier molecular flexibility index (Phi) is 5.55. The summed E-state index contributed by atoms with van der Waals surface area (Å²) in [7, 11) is 0. The van der Waals surface area contributed by atoms with E-state index in [-0.39, 0.29) is 11.9 Å². The van der Waals surface area contributed by atoms with Gasteiger partial charge >= 0.3 is 0 Å². The number of amides is 1. The molecule has 0 unspecified atom stereocenters. The average molecular weight is 379 g/mol. The number of thiazole rings is 1. The van der Waals surface area contributed by atoms with Crippen LogP contribution in [0.15, 0.2) is 60.2 Å². The molecule has 0 spiro atoms. The van der Waals surface area contributed by atoms with Gasteiger partial charge in [0.05, 0.1) is 12.2 Å². The van der Waals surface area contributed by atoms with Crippen molar-refractivity contribution in [3.63, 3.8) is 0 Å². The molecule has 4 rings (SSSR count). The molecule has 0 saturated carbocycles. The molecule has 1 aliphatic rings. The lowest BCUT2D eigenvalue weighted by molar-refractivity contribution is -0.118. The fraction of sp³-hybridized carbons (Fsp3) is 0.286. The normalized spacial score (nSPS) is 17.6. The van der Waals surface area contributed by atoms with Crippen molar-refractivity contribution in [1.29, 1.82) is 0 Å². The van der Waals surface area contributed by atoms with E-state index in [1.807, 2.05) is 48.0 Å². The lowest BCUT2D eigenvalue weighted by Gasteiger charge is -2.35. The van der Waals surface area contributed by atoms with E-state index in [4.69, 9.17) is 0 Å². The second kappa shape index (κ2) is 8.41. The van der Waals surface area contributed by atoms with Crippen LogP contribution in [0, 0.1) is 0 Å². The van der Waals surface area contributed by atoms with Crippen molar-refractivity contribution in [2.45, 2.75) is 25.3 Å². The third kappa shape index (κ3) is 4.40. The lowest BCUT2D eigenvalue weighted by atomic mass is 9.96. The van der Waals surface area contributed by atoms with Crippen LogP contribution >= 0.6 is 11.3 Å². The van der Waals surface area contributed by atoms with E-state index in [9.17, 15) is 4.79 Å². The van der Waals surface area contributed by atoms with Gasteiger partial charge in [0, 0.05) is 29.4 Å². The van der Waals surface area contributed by atoms with E-state index in [1.54, 1.807) is 6.20 Å². The molecule has 2 aromatic heterocycles. The second-order valence-electron chi connectivity index (χ2n) is 6.72. The topological polar surface area (TPSA) is 58.1 Å². The van der Waals surface area contributed by atoms with Gasteiger partial charge in [0.1, 0.15) is 0 Å². The van der Waals surface area contributed by atoms with Gasteiger partial charge < -0.3 is 5.32 Å². The van der Waals surface area contributed by atoms with Gasteiger partial charge in [-0.1, -0.05) is 42.8 Å². The third-order valence-electron chi connectivity index (χ3n) is 4.85. The van der Waals surface area contributed by atoms with Crippen LogP contribution in [0.3, 0.4) is 0 Å². The Morgan fingerprint density at radius 3 is 2.89 bits per heavy atom. The van der Waals surface area contributed by atoms with Crippen molar-refractivity contribution in [1.82, 2.24) is 14.9 Å². The molecular weight excluding hydrogens is 356 g/mol. The van der Waals surface area contributed by atoms with Crippen LogP contribution < -0.4 is 5.32 Å². The van der Waals surface area contributed by atoms with E-state index in [2.05, 4.69) is 26.3 Å². The zero-order valence-corrected chi connectivity index (χ0v) is 15.9. The molecule has 3 aromatic rings. The molecule has 1 saturated heterocycles. The Morgan fingerprint density at radius 1 is 1.19 bits per heavy atom. The molecule has 0 bridgehead atoms. The van der Waals surface area contributed by atoms with Crippen LogP contribution in [0.2, 0.25) is 0 Å². The summed E-state index contributed by atoms with van der Waals surface area (Å²) in [5.74, 6) is -0.0141. The fourth-order valence-corrected chi connectivity index (χ4v) is 4.28. The van der Waals surface area contributed by atoms with Crippen LogP contribution in [-0.2, 0) is 4.79 Å². The minimum Gasteiger partial charge on any atom is -0.301 e.